The average Bonchev–Trinajstić information content (AvgIpc) is 3.13. The molecular weight excluding hydrogens is 411 g/mol. The van der Waals surface area contributed by atoms with Gasteiger partial charge in [-0.1, -0.05) is 0 Å². The van der Waals surface area contributed by atoms with Gasteiger partial charge in [0.2, 0.25) is 5.56 Å². The van der Waals surface area contributed by atoms with Gasteiger partial charge in [0.1, 0.15) is 17.7 Å². The molecule has 2 N–H and O–H groups in total. The van der Waals surface area contributed by atoms with Crippen molar-refractivity contribution in [3.8, 4) is 11.1 Å². The molecule has 3 aromatic heterocycles. The zero-order valence-corrected chi connectivity index (χ0v) is 17.1. The second-order valence-corrected chi connectivity index (χ2v) is 7.59. The Labute approximate surface area is 176 Å². The topological polar surface area (TPSA) is 91.7 Å². The predicted octanol–water partition coefficient (Wildman–Crippen LogP) is 3.54. The molecule has 1 atom stereocenters. The van der Waals surface area contributed by atoms with Gasteiger partial charge < -0.3 is 15.2 Å². The van der Waals surface area contributed by atoms with E-state index in [0.29, 0.717) is 35.6 Å². The number of H-pyrrole nitrogens is 1. The first-order chi connectivity index (χ1) is 14.7. The average molecular weight is 433 g/mol. The van der Waals surface area contributed by atoms with Gasteiger partial charge in [-0.25, -0.2) is 4.98 Å². The molecule has 0 aromatic carbocycles. The van der Waals surface area contributed by atoms with Gasteiger partial charge in [0.05, 0.1) is 6.20 Å². The van der Waals surface area contributed by atoms with Crippen LogP contribution in [0.3, 0.4) is 0 Å². The number of halogens is 3. The van der Waals surface area contributed by atoms with Crippen molar-refractivity contribution >= 4 is 17.5 Å². The second kappa shape index (κ2) is 8.05. The minimum Gasteiger partial charge on any atom is -0.346 e. The van der Waals surface area contributed by atoms with E-state index >= 15 is 0 Å². The lowest BCUT2D eigenvalue weighted by atomic mass is 10.00. The number of hydrogen-bond donors (Lipinski definition) is 2. The monoisotopic (exact) mass is 433 g/mol. The van der Waals surface area contributed by atoms with Crippen molar-refractivity contribution in [3.05, 3.63) is 46.5 Å². The number of aryl methyl sites for hydroxylation is 2. The van der Waals surface area contributed by atoms with Gasteiger partial charge in [-0.05, 0) is 55.0 Å². The zero-order valence-electron chi connectivity index (χ0n) is 17.1. The van der Waals surface area contributed by atoms with Crippen molar-refractivity contribution in [2.75, 3.05) is 16.8 Å². The molecule has 1 fully saturated rings. The highest BCUT2D eigenvalue weighted by atomic mass is 19.4. The number of nitrogens with zero attached hydrogens (tertiary/aromatic N) is 5. The molecule has 0 amide bonds. The fraction of sp³-hybridized carbons (Fsp3) is 0.400. The number of aromatic nitrogens is 5. The molecule has 1 aliphatic rings. The molecule has 31 heavy (non-hydrogen) atoms. The van der Waals surface area contributed by atoms with E-state index in [1.165, 1.54) is 15.8 Å². The summed E-state index contributed by atoms with van der Waals surface area (Å²) in [6.07, 6.45) is -0.0385. The Kier molecular flexibility index (Phi) is 5.42. The minimum atomic E-state index is -4.37. The molecule has 4 heterocycles. The summed E-state index contributed by atoms with van der Waals surface area (Å²) in [4.78, 5) is 21.9. The SMILES string of the molecule is Cc1cnc(Nc2cnn(C)n2)cc1-c1cc(N2CCCC[C@@H]2C(F)(F)F)[nH]c(=O)c1. The summed E-state index contributed by atoms with van der Waals surface area (Å²) in [5.74, 6) is 1.15. The van der Waals surface area contributed by atoms with Gasteiger partial charge in [-0.3, -0.25) is 4.79 Å². The third kappa shape index (κ3) is 4.54. The van der Waals surface area contributed by atoms with Gasteiger partial charge in [0.15, 0.2) is 5.82 Å². The highest BCUT2D eigenvalue weighted by Gasteiger charge is 2.45. The van der Waals surface area contributed by atoms with E-state index < -0.39 is 17.8 Å². The van der Waals surface area contributed by atoms with E-state index in [2.05, 4.69) is 25.5 Å². The molecule has 1 saturated heterocycles. The Morgan fingerprint density at radius 2 is 1.97 bits per heavy atom. The maximum atomic E-state index is 13.6. The van der Waals surface area contributed by atoms with Crippen LogP contribution in [0.2, 0.25) is 0 Å². The van der Waals surface area contributed by atoms with Gasteiger partial charge >= 0.3 is 6.18 Å². The number of rotatable bonds is 4. The third-order valence-electron chi connectivity index (χ3n) is 5.29. The number of hydrogen-bond acceptors (Lipinski definition) is 6. The standard InChI is InChI=1S/C20H22F3N7O/c1-12-10-24-16(26-17-11-25-29(2)28-17)9-14(12)13-7-18(27-19(31)8-13)30-6-4-3-5-15(30)20(21,22)23/h7-11,15H,3-6H2,1-2H3,(H,27,31)(H,24,26,28)/t15-/m1/s1. The fourth-order valence-electron chi connectivity index (χ4n) is 3.84. The van der Waals surface area contributed by atoms with Crippen LogP contribution < -0.4 is 15.8 Å². The normalized spacial score (nSPS) is 17.1. The van der Waals surface area contributed by atoms with Crippen molar-refractivity contribution in [3.63, 3.8) is 0 Å². The van der Waals surface area contributed by atoms with Crippen LogP contribution in [0.4, 0.5) is 30.6 Å². The third-order valence-corrected chi connectivity index (χ3v) is 5.29. The van der Waals surface area contributed by atoms with E-state index in [9.17, 15) is 18.0 Å². The molecule has 0 radical (unpaired) electrons. The first-order valence-corrected chi connectivity index (χ1v) is 9.89. The fourth-order valence-corrected chi connectivity index (χ4v) is 3.84. The Morgan fingerprint density at radius 3 is 2.68 bits per heavy atom. The number of pyridine rings is 2. The van der Waals surface area contributed by atoms with Gasteiger partial charge in [-0.15, -0.1) is 5.10 Å². The van der Waals surface area contributed by atoms with E-state index in [1.807, 2.05) is 6.92 Å². The van der Waals surface area contributed by atoms with Crippen LogP contribution in [-0.2, 0) is 7.05 Å². The summed E-state index contributed by atoms with van der Waals surface area (Å²) in [5.41, 5.74) is 1.53. The van der Waals surface area contributed by atoms with Crippen LogP contribution in [0.15, 0.2) is 35.4 Å². The van der Waals surface area contributed by atoms with Crippen LogP contribution in [0.5, 0.6) is 0 Å². The lowest BCUT2D eigenvalue weighted by molar-refractivity contribution is -0.152. The molecule has 3 aromatic rings. The van der Waals surface area contributed by atoms with Crippen LogP contribution >= 0.6 is 0 Å². The molecule has 164 valence electrons. The smallest absolute Gasteiger partial charge is 0.346 e. The van der Waals surface area contributed by atoms with Crippen LogP contribution in [0, 0.1) is 6.92 Å². The molecule has 11 heteroatoms. The Morgan fingerprint density at radius 1 is 1.16 bits per heavy atom. The Hall–Kier alpha value is -3.37. The van der Waals surface area contributed by atoms with E-state index in [1.54, 1.807) is 31.6 Å². The maximum absolute atomic E-state index is 13.6. The molecule has 4 rings (SSSR count). The first-order valence-electron chi connectivity index (χ1n) is 9.89. The minimum absolute atomic E-state index is 0.0101. The highest BCUT2D eigenvalue weighted by molar-refractivity contribution is 5.72. The van der Waals surface area contributed by atoms with Crippen LogP contribution in [0.1, 0.15) is 24.8 Å². The molecule has 0 saturated carbocycles. The predicted molar refractivity (Wildman–Crippen MR) is 110 cm³/mol. The molecule has 0 spiro atoms. The number of nitrogens with one attached hydrogen (secondary N) is 2. The lowest BCUT2D eigenvalue weighted by Gasteiger charge is -2.38. The number of piperidine rings is 1. The molecular formula is C20H22F3N7O. The largest absolute Gasteiger partial charge is 0.408 e. The summed E-state index contributed by atoms with van der Waals surface area (Å²) < 4.78 is 40.7. The number of alkyl halides is 3. The van der Waals surface area contributed by atoms with E-state index in [4.69, 9.17) is 0 Å². The second-order valence-electron chi connectivity index (χ2n) is 7.59. The van der Waals surface area contributed by atoms with Crippen LogP contribution in [-0.4, -0.2) is 43.7 Å². The highest BCUT2D eigenvalue weighted by Crippen LogP contribution is 2.35. The summed E-state index contributed by atoms with van der Waals surface area (Å²) in [7, 11) is 1.69. The lowest BCUT2D eigenvalue weighted by Crippen LogP contribution is -2.49. The summed E-state index contributed by atoms with van der Waals surface area (Å²) in [6, 6.07) is 3.10. The number of anilines is 3. The van der Waals surface area contributed by atoms with Crippen LogP contribution in [0.25, 0.3) is 11.1 Å². The van der Waals surface area contributed by atoms with Crippen molar-refractivity contribution < 1.29 is 13.2 Å². The van der Waals surface area contributed by atoms with Crippen molar-refractivity contribution in [1.29, 1.82) is 0 Å². The van der Waals surface area contributed by atoms with Crippen molar-refractivity contribution in [2.45, 2.75) is 38.4 Å². The van der Waals surface area contributed by atoms with Gasteiger partial charge in [0.25, 0.3) is 0 Å². The van der Waals surface area contributed by atoms with E-state index in [-0.39, 0.29) is 18.8 Å². The van der Waals surface area contributed by atoms with Gasteiger partial charge in [0, 0.05) is 25.9 Å². The van der Waals surface area contributed by atoms with Gasteiger partial charge in [-0.2, -0.15) is 23.1 Å². The summed E-state index contributed by atoms with van der Waals surface area (Å²) >= 11 is 0. The summed E-state index contributed by atoms with van der Waals surface area (Å²) in [6.45, 7) is 2.06. The maximum Gasteiger partial charge on any atom is 0.408 e. The van der Waals surface area contributed by atoms with Crippen molar-refractivity contribution in [2.24, 2.45) is 7.05 Å². The molecule has 1 aliphatic heterocycles. The molecule has 0 unspecified atom stereocenters. The summed E-state index contributed by atoms with van der Waals surface area (Å²) in [5, 5.41) is 11.2. The van der Waals surface area contributed by atoms with E-state index in [0.717, 1.165) is 5.56 Å². The molecule has 0 bridgehead atoms. The molecule has 0 aliphatic carbocycles. The van der Waals surface area contributed by atoms with Crippen molar-refractivity contribution in [1.82, 2.24) is 25.0 Å². The Bertz CT molecular complexity index is 1140. The number of aromatic amines is 1. The molecule has 8 nitrogen and oxygen atoms in total. The zero-order chi connectivity index (χ0) is 22.2. The quantitative estimate of drug-likeness (QED) is 0.654. The first kappa shape index (κ1) is 20.9. The Balaban J connectivity index is 1.71.